The number of rotatable bonds is 10. The molecule has 0 radical (unpaired) electrons. The molecule has 0 spiro atoms. The number of piperazine rings is 1. The van der Waals surface area contributed by atoms with Crippen molar-refractivity contribution in [2.24, 2.45) is 0 Å². The van der Waals surface area contributed by atoms with Crippen LogP contribution in [-0.2, 0) is 11.3 Å². The molecule has 1 aromatic carbocycles. The van der Waals surface area contributed by atoms with Gasteiger partial charge in [0.05, 0.1) is 25.4 Å². The van der Waals surface area contributed by atoms with Crippen LogP contribution in [0, 0.1) is 6.92 Å². The van der Waals surface area contributed by atoms with Gasteiger partial charge in [0, 0.05) is 38.8 Å². The molecule has 1 saturated heterocycles. The van der Waals surface area contributed by atoms with E-state index in [0.717, 1.165) is 55.7 Å². The van der Waals surface area contributed by atoms with Gasteiger partial charge in [0.15, 0.2) is 0 Å². The summed E-state index contributed by atoms with van der Waals surface area (Å²) in [7, 11) is 0. The largest absolute Gasteiger partial charge is 0.494 e. The lowest BCUT2D eigenvalue weighted by Gasteiger charge is -2.33. The van der Waals surface area contributed by atoms with Crippen molar-refractivity contribution in [1.29, 1.82) is 0 Å². The molecule has 1 amide bonds. The van der Waals surface area contributed by atoms with Crippen LogP contribution in [-0.4, -0.2) is 73.3 Å². The molecule has 0 aliphatic carbocycles. The van der Waals surface area contributed by atoms with E-state index in [1.54, 1.807) is 0 Å². The third kappa shape index (κ3) is 7.07. The van der Waals surface area contributed by atoms with Crippen LogP contribution in [0.5, 0.6) is 11.5 Å². The smallest absolute Gasteiger partial charge is 0.234 e. The molecule has 1 aromatic heterocycles. The summed E-state index contributed by atoms with van der Waals surface area (Å²) in [6.45, 7) is 10.2. The fourth-order valence-electron chi connectivity index (χ4n) is 3.24. The van der Waals surface area contributed by atoms with E-state index in [1.807, 2.05) is 44.2 Å². The number of carbonyl (C=O) groups excluding carboxylic acids is 1. The van der Waals surface area contributed by atoms with E-state index in [9.17, 15) is 4.79 Å². The van der Waals surface area contributed by atoms with Gasteiger partial charge in [-0.05, 0) is 38.1 Å². The second-order valence-corrected chi connectivity index (χ2v) is 7.08. The van der Waals surface area contributed by atoms with E-state index in [0.29, 0.717) is 26.3 Å². The normalized spacial score (nSPS) is 15.2. The standard InChI is InChI=1S/C21H30N4O4/c1-3-27-19-4-6-20(7-5-19)28-13-8-22-21(26)16-25-11-9-24(10-12-25)15-18-14-17(2)29-23-18/h4-7,14H,3,8-13,15-16H2,1-2H3,(H,22,26). The summed E-state index contributed by atoms with van der Waals surface area (Å²) in [4.78, 5) is 16.7. The minimum Gasteiger partial charge on any atom is -0.494 e. The number of hydrogen-bond acceptors (Lipinski definition) is 7. The molecule has 3 rings (SSSR count). The molecule has 2 aromatic rings. The van der Waals surface area contributed by atoms with Crippen molar-refractivity contribution < 1.29 is 18.8 Å². The van der Waals surface area contributed by atoms with Crippen LogP contribution in [0.1, 0.15) is 18.4 Å². The average Bonchev–Trinajstić information content (AvgIpc) is 3.13. The number of ether oxygens (including phenoxy) is 2. The fraction of sp³-hybridized carbons (Fsp3) is 0.524. The van der Waals surface area contributed by atoms with Gasteiger partial charge in [-0.1, -0.05) is 5.16 Å². The predicted octanol–water partition coefficient (Wildman–Crippen LogP) is 1.69. The third-order valence-corrected chi connectivity index (χ3v) is 4.72. The average molecular weight is 402 g/mol. The van der Waals surface area contributed by atoms with Gasteiger partial charge in [-0.25, -0.2) is 0 Å². The molecule has 0 saturated carbocycles. The third-order valence-electron chi connectivity index (χ3n) is 4.72. The van der Waals surface area contributed by atoms with Crippen LogP contribution in [0.25, 0.3) is 0 Å². The van der Waals surface area contributed by atoms with Gasteiger partial charge < -0.3 is 19.3 Å². The highest BCUT2D eigenvalue weighted by atomic mass is 16.5. The summed E-state index contributed by atoms with van der Waals surface area (Å²) in [6.07, 6.45) is 0. The van der Waals surface area contributed by atoms with Crippen LogP contribution >= 0.6 is 0 Å². The van der Waals surface area contributed by atoms with E-state index in [2.05, 4.69) is 20.3 Å². The maximum atomic E-state index is 12.2. The maximum Gasteiger partial charge on any atom is 0.234 e. The van der Waals surface area contributed by atoms with Crippen molar-refractivity contribution in [3.63, 3.8) is 0 Å². The Balaban J connectivity index is 1.27. The molecule has 1 aliphatic heterocycles. The lowest BCUT2D eigenvalue weighted by Crippen LogP contribution is -2.49. The van der Waals surface area contributed by atoms with Gasteiger partial charge >= 0.3 is 0 Å². The summed E-state index contributed by atoms with van der Waals surface area (Å²) < 4.78 is 16.2. The van der Waals surface area contributed by atoms with Crippen molar-refractivity contribution >= 4 is 5.91 Å². The second-order valence-electron chi connectivity index (χ2n) is 7.08. The summed E-state index contributed by atoms with van der Waals surface area (Å²) in [5.41, 5.74) is 0.959. The van der Waals surface area contributed by atoms with Gasteiger partial charge in [0.25, 0.3) is 0 Å². The van der Waals surface area contributed by atoms with Gasteiger partial charge in [0.1, 0.15) is 23.9 Å². The van der Waals surface area contributed by atoms with E-state index >= 15 is 0 Å². The monoisotopic (exact) mass is 402 g/mol. The van der Waals surface area contributed by atoms with Crippen LogP contribution < -0.4 is 14.8 Å². The first-order chi connectivity index (χ1) is 14.1. The first kappa shape index (κ1) is 21.1. The lowest BCUT2D eigenvalue weighted by atomic mass is 10.2. The van der Waals surface area contributed by atoms with E-state index < -0.39 is 0 Å². The van der Waals surface area contributed by atoms with Crippen molar-refractivity contribution in [3.05, 3.63) is 41.8 Å². The molecule has 8 nitrogen and oxygen atoms in total. The molecule has 8 heteroatoms. The molecular formula is C21H30N4O4. The highest BCUT2D eigenvalue weighted by molar-refractivity contribution is 5.78. The van der Waals surface area contributed by atoms with Gasteiger partial charge in [-0.3, -0.25) is 14.6 Å². The molecule has 1 aliphatic rings. The zero-order chi connectivity index (χ0) is 20.5. The van der Waals surface area contributed by atoms with Crippen LogP contribution in [0.15, 0.2) is 34.9 Å². The summed E-state index contributed by atoms with van der Waals surface area (Å²) in [6, 6.07) is 9.45. The van der Waals surface area contributed by atoms with Crippen molar-refractivity contribution in [2.75, 3.05) is 52.5 Å². The number of nitrogens with one attached hydrogen (secondary N) is 1. The highest BCUT2D eigenvalue weighted by Crippen LogP contribution is 2.17. The van der Waals surface area contributed by atoms with E-state index in [-0.39, 0.29) is 5.91 Å². The quantitative estimate of drug-likeness (QED) is 0.606. The van der Waals surface area contributed by atoms with Crippen LogP contribution in [0.2, 0.25) is 0 Å². The Hall–Kier alpha value is -2.58. The number of hydrogen-bond donors (Lipinski definition) is 1. The predicted molar refractivity (Wildman–Crippen MR) is 109 cm³/mol. The first-order valence-corrected chi connectivity index (χ1v) is 10.1. The molecule has 0 unspecified atom stereocenters. The molecule has 2 heterocycles. The maximum absolute atomic E-state index is 12.2. The Bertz CT molecular complexity index is 754. The Labute approximate surface area is 171 Å². The topological polar surface area (TPSA) is 80.1 Å². The van der Waals surface area contributed by atoms with Crippen molar-refractivity contribution in [2.45, 2.75) is 20.4 Å². The van der Waals surface area contributed by atoms with Crippen molar-refractivity contribution in [3.8, 4) is 11.5 Å². The van der Waals surface area contributed by atoms with Crippen LogP contribution in [0.3, 0.4) is 0 Å². The summed E-state index contributed by atoms with van der Waals surface area (Å²) in [5.74, 6) is 2.45. The Morgan fingerprint density at radius 3 is 2.38 bits per heavy atom. The highest BCUT2D eigenvalue weighted by Gasteiger charge is 2.19. The molecule has 158 valence electrons. The zero-order valence-electron chi connectivity index (χ0n) is 17.2. The van der Waals surface area contributed by atoms with Gasteiger partial charge in [0.2, 0.25) is 5.91 Å². The molecule has 1 N–H and O–H groups in total. The molecule has 0 bridgehead atoms. The van der Waals surface area contributed by atoms with Crippen molar-refractivity contribution in [1.82, 2.24) is 20.3 Å². The zero-order valence-corrected chi connectivity index (χ0v) is 17.2. The number of aryl methyl sites for hydroxylation is 1. The van der Waals surface area contributed by atoms with E-state index in [4.69, 9.17) is 14.0 Å². The number of amides is 1. The molecule has 0 atom stereocenters. The van der Waals surface area contributed by atoms with Gasteiger partial charge in [-0.15, -0.1) is 0 Å². The minimum atomic E-state index is 0.0286. The summed E-state index contributed by atoms with van der Waals surface area (Å²) >= 11 is 0. The SMILES string of the molecule is CCOc1ccc(OCCNC(=O)CN2CCN(Cc3cc(C)on3)CC2)cc1. The number of nitrogens with zero attached hydrogens (tertiary/aromatic N) is 3. The van der Waals surface area contributed by atoms with Crippen LogP contribution in [0.4, 0.5) is 0 Å². The lowest BCUT2D eigenvalue weighted by molar-refractivity contribution is -0.122. The summed E-state index contributed by atoms with van der Waals surface area (Å²) in [5, 5.41) is 6.96. The Morgan fingerprint density at radius 1 is 1.10 bits per heavy atom. The second kappa shape index (κ2) is 10.8. The number of aromatic nitrogens is 1. The van der Waals surface area contributed by atoms with Gasteiger partial charge in [-0.2, -0.15) is 0 Å². The minimum absolute atomic E-state index is 0.0286. The number of benzene rings is 1. The molecular weight excluding hydrogens is 372 g/mol. The van der Waals surface area contributed by atoms with E-state index in [1.165, 1.54) is 0 Å². The first-order valence-electron chi connectivity index (χ1n) is 10.1. The number of carbonyl (C=O) groups is 1. The molecule has 1 fully saturated rings. The molecule has 29 heavy (non-hydrogen) atoms. The fourth-order valence-corrected chi connectivity index (χ4v) is 3.24. The Kier molecular flexibility index (Phi) is 7.89. The Morgan fingerprint density at radius 2 is 1.76 bits per heavy atom.